The standard InChI is InChI=1S/C15H19N/c1-4-6-7-12-8-9-14-13(10-12)11-16(3)15(14)5-2/h8-10H,2,4,6-7,11H2,1,3H3. The highest BCUT2D eigenvalue weighted by molar-refractivity contribution is 5.70. The number of rotatable bonds is 3. The van der Waals surface area contributed by atoms with Crippen LogP contribution in [0.5, 0.6) is 0 Å². The highest BCUT2D eigenvalue weighted by Gasteiger charge is 2.20. The Morgan fingerprint density at radius 1 is 1.44 bits per heavy atom. The summed E-state index contributed by atoms with van der Waals surface area (Å²) in [5, 5.41) is 0. The van der Waals surface area contributed by atoms with E-state index in [1.807, 2.05) is 0 Å². The van der Waals surface area contributed by atoms with Crippen molar-refractivity contribution in [2.75, 3.05) is 7.05 Å². The molecule has 0 fully saturated rings. The van der Waals surface area contributed by atoms with Gasteiger partial charge in [-0.05, 0) is 24.0 Å². The summed E-state index contributed by atoms with van der Waals surface area (Å²) in [6, 6.07) is 6.80. The Balaban J connectivity index is 2.29. The molecule has 0 saturated carbocycles. The van der Waals surface area contributed by atoms with Gasteiger partial charge in [-0.2, -0.15) is 0 Å². The van der Waals surface area contributed by atoms with Gasteiger partial charge >= 0.3 is 0 Å². The molecule has 1 aliphatic rings. The van der Waals surface area contributed by atoms with Gasteiger partial charge in [0.05, 0.1) is 5.70 Å². The number of unbranched alkanes of at least 4 members (excludes halogenated alkanes) is 1. The summed E-state index contributed by atoms with van der Waals surface area (Å²) in [4.78, 5) is 2.21. The first-order valence-electron chi connectivity index (χ1n) is 5.99. The Hall–Kier alpha value is -1.46. The van der Waals surface area contributed by atoms with Crippen molar-refractivity contribution in [2.24, 2.45) is 0 Å². The molecule has 0 unspecified atom stereocenters. The van der Waals surface area contributed by atoms with Gasteiger partial charge in [0.2, 0.25) is 0 Å². The lowest BCUT2D eigenvalue weighted by Gasteiger charge is -2.09. The van der Waals surface area contributed by atoms with Crippen molar-refractivity contribution in [3.05, 3.63) is 47.2 Å². The van der Waals surface area contributed by atoms with Crippen LogP contribution in [0.3, 0.4) is 0 Å². The number of nitrogens with zero attached hydrogens (tertiary/aromatic N) is 1. The third kappa shape index (κ3) is 1.91. The summed E-state index contributed by atoms with van der Waals surface area (Å²) in [5.41, 5.74) is 8.34. The zero-order valence-electron chi connectivity index (χ0n) is 10.2. The highest BCUT2D eigenvalue weighted by atomic mass is 15.1. The van der Waals surface area contributed by atoms with Crippen molar-refractivity contribution in [1.29, 1.82) is 0 Å². The van der Waals surface area contributed by atoms with Crippen LogP contribution in [0.15, 0.2) is 30.5 Å². The van der Waals surface area contributed by atoms with Crippen molar-refractivity contribution >= 4 is 5.70 Å². The molecule has 0 radical (unpaired) electrons. The smallest absolute Gasteiger partial charge is 0.0871 e. The second-order valence-electron chi connectivity index (χ2n) is 4.48. The molecule has 0 amide bonds. The van der Waals surface area contributed by atoms with E-state index in [0.717, 1.165) is 12.2 Å². The lowest BCUT2D eigenvalue weighted by molar-refractivity contribution is 0.501. The number of hydrogen-bond donors (Lipinski definition) is 0. The maximum atomic E-state index is 3.76. The van der Waals surface area contributed by atoms with Crippen LogP contribution in [0.25, 0.3) is 5.70 Å². The van der Waals surface area contributed by atoms with Crippen LogP contribution < -0.4 is 0 Å². The average Bonchev–Trinajstić information content (AvgIpc) is 2.60. The van der Waals surface area contributed by atoms with Crippen molar-refractivity contribution in [2.45, 2.75) is 32.7 Å². The van der Waals surface area contributed by atoms with Crippen molar-refractivity contribution < 1.29 is 0 Å². The zero-order chi connectivity index (χ0) is 11.5. The minimum Gasteiger partial charge on any atom is -0.363 e. The normalized spacial score (nSPS) is 13.9. The molecule has 1 aliphatic heterocycles. The molecule has 16 heavy (non-hydrogen) atoms. The van der Waals surface area contributed by atoms with Gasteiger partial charge in [0, 0.05) is 19.2 Å². The molecule has 0 aromatic heterocycles. The summed E-state index contributed by atoms with van der Waals surface area (Å²) in [7, 11) is 2.10. The lowest BCUT2D eigenvalue weighted by atomic mass is 10.0. The highest BCUT2D eigenvalue weighted by Crippen LogP contribution is 2.31. The van der Waals surface area contributed by atoms with Gasteiger partial charge in [-0.15, -0.1) is 5.73 Å². The molecule has 0 atom stereocenters. The first-order chi connectivity index (χ1) is 7.76. The quantitative estimate of drug-likeness (QED) is 0.693. The van der Waals surface area contributed by atoms with Gasteiger partial charge in [-0.3, -0.25) is 0 Å². The van der Waals surface area contributed by atoms with E-state index in [-0.39, 0.29) is 0 Å². The van der Waals surface area contributed by atoms with E-state index in [1.54, 1.807) is 0 Å². The third-order valence-electron chi connectivity index (χ3n) is 3.20. The predicted molar refractivity (Wildman–Crippen MR) is 69.1 cm³/mol. The van der Waals surface area contributed by atoms with Gasteiger partial charge in [-0.1, -0.05) is 38.1 Å². The largest absolute Gasteiger partial charge is 0.363 e. The number of benzene rings is 1. The van der Waals surface area contributed by atoms with Gasteiger partial charge in [0.25, 0.3) is 0 Å². The Kier molecular flexibility index (Phi) is 3.17. The van der Waals surface area contributed by atoms with Gasteiger partial charge < -0.3 is 4.90 Å². The summed E-state index contributed by atoms with van der Waals surface area (Å²) in [5.74, 6) is 0. The second-order valence-corrected chi connectivity index (χ2v) is 4.48. The summed E-state index contributed by atoms with van der Waals surface area (Å²) >= 11 is 0. The van der Waals surface area contributed by atoms with E-state index in [0.29, 0.717) is 0 Å². The van der Waals surface area contributed by atoms with Crippen LogP contribution in [0, 0.1) is 0 Å². The van der Waals surface area contributed by atoms with Crippen molar-refractivity contribution in [3.63, 3.8) is 0 Å². The molecule has 1 heteroatoms. The van der Waals surface area contributed by atoms with E-state index in [4.69, 9.17) is 0 Å². The van der Waals surface area contributed by atoms with Crippen LogP contribution >= 0.6 is 0 Å². The molecule has 0 saturated heterocycles. The minimum absolute atomic E-state index is 0.993. The molecule has 0 spiro atoms. The van der Waals surface area contributed by atoms with E-state index in [1.165, 1.54) is 36.0 Å². The Labute approximate surface area is 98.1 Å². The molecule has 1 heterocycles. The maximum absolute atomic E-state index is 3.76. The van der Waals surface area contributed by atoms with Crippen LogP contribution in [0.4, 0.5) is 0 Å². The summed E-state index contributed by atoms with van der Waals surface area (Å²) < 4.78 is 0. The third-order valence-corrected chi connectivity index (χ3v) is 3.20. The number of fused-ring (bicyclic) bond motifs is 1. The van der Waals surface area contributed by atoms with Crippen LogP contribution in [0.2, 0.25) is 0 Å². The Morgan fingerprint density at radius 3 is 2.94 bits per heavy atom. The average molecular weight is 213 g/mol. The van der Waals surface area contributed by atoms with Gasteiger partial charge in [-0.25, -0.2) is 0 Å². The van der Waals surface area contributed by atoms with Crippen LogP contribution in [-0.4, -0.2) is 11.9 Å². The fourth-order valence-corrected chi connectivity index (χ4v) is 2.32. The van der Waals surface area contributed by atoms with Gasteiger partial charge in [0.15, 0.2) is 0 Å². The molecule has 1 nitrogen and oxygen atoms in total. The topological polar surface area (TPSA) is 3.24 Å². The SMILES string of the molecule is C=C=C1c2ccc(CCCC)cc2CN1C. The molecule has 0 aliphatic carbocycles. The molecule has 2 rings (SSSR count). The van der Waals surface area contributed by atoms with E-state index < -0.39 is 0 Å². The molecule has 1 aromatic rings. The molecular weight excluding hydrogens is 194 g/mol. The summed E-state index contributed by atoms with van der Waals surface area (Å²) in [6.45, 7) is 6.99. The number of hydrogen-bond acceptors (Lipinski definition) is 1. The fourth-order valence-electron chi connectivity index (χ4n) is 2.32. The lowest BCUT2D eigenvalue weighted by Crippen LogP contribution is -2.06. The van der Waals surface area contributed by atoms with Crippen LogP contribution in [0.1, 0.15) is 36.5 Å². The predicted octanol–water partition coefficient (Wildman–Crippen LogP) is 3.60. The monoisotopic (exact) mass is 213 g/mol. The van der Waals surface area contributed by atoms with E-state index in [9.17, 15) is 0 Å². The van der Waals surface area contributed by atoms with Crippen LogP contribution in [-0.2, 0) is 13.0 Å². The Bertz CT molecular complexity index is 439. The molecular formula is C15H19N. The Morgan fingerprint density at radius 2 is 2.25 bits per heavy atom. The number of aryl methyl sites for hydroxylation is 1. The molecule has 0 bridgehead atoms. The molecule has 84 valence electrons. The van der Waals surface area contributed by atoms with E-state index >= 15 is 0 Å². The maximum Gasteiger partial charge on any atom is 0.0871 e. The minimum atomic E-state index is 0.993. The zero-order valence-corrected chi connectivity index (χ0v) is 10.2. The van der Waals surface area contributed by atoms with Crippen molar-refractivity contribution in [3.8, 4) is 0 Å². The first kappa shape index (κ1) is 11.0. The fraction of sp³-hybridized carbons (Fsp3) is 0.400. The second kappa shape index (κ2) is 4.59. The van der Waals surface area contributed by atoms with Gasteiger partial charge in [0.1, 0.15) is 0 Å². The molecule has 1 aromatic carbocycles. The summed E-state index contributed by atoms with van der Waals surface area (Å²) in [6.07, 6.45) is 3.73. The van der Waals surface area contributed by atoms with E-state index in [2.05, 4.69) is 49.4 Å². The first-order valence-corrected chi connectivity index (χ1v) is 5.99. The van der Waals surface area contributed by atoms with Crippen molar-refractivity contribution in [1.82, 2.24) is 4.90 Å². The molecule has 0 N–H and O–H groups in total.